The monoisotopic (exact) mass is 744 g/mol. The van der Waals surface area contributed by atoms with E-state index in [0.29, 0.717) is 12.8 Å². The summed E-state index contributed by atoms with van der Waals surface area (Å²) in [7, 11) is -16.3. The van der Waals surface area contributed by atoms with Crippen LogP contribution in [0.1, 0.15) is 83.3 Å². The van der Waals surface area contributed by atoms with Gasteiger partial charge >= 0.3 is 23.5 Å². The Hall–Kier alpha value is -1.40. The maximum absolute atomic E-state index is 12.4. The molecule has 8 N–H and O–H groups in total. The van der Waals surface area contributed by atoms with Crippen LogP contribution in [-0.2, 0) is 36.1 Å². The Kier molecular flexibility index (Phi) is 14.9. The fourth-order valence-corrected chi connectivity index (χ4v) is 9.30. The van der Waals surface area contributed by atoms with Gasteiger partial charge in [0, 0.05) is 0 Å². The largest absolute Gasteiger partial charge is 0.490 e. The predicted molar refractivity (Wildman–Crippen MR) is 171 cm³/mol. The highest BCUT2D eigenvalue weighted by molar-refractivity contribution is 7.66. The normalized spacial score (nSPS) is 26.7. The molecule has 4 rings (SSSR count). The van der Waals surface area contributed by atoms with E-state index >= 15 is 0 Å². The number of unbranched alkanes of at least 4 members (excludes halogenated alkanes) is 3. The summed E-state index contributed by atoms with van der Waals surface area (Å²) in [6.07, 6.45) is 9.65. The second-order valence-corrected chi connectivity index (χ2v) is 16.6. The van der Waals surface area contributed by atoms with Gasteiger partial charge in [0.05, 0.1) is 19.5 Å². The van der Waals surface area contributed by atoms with Gasteiger partial charge in [0.15, 0.2) is 17.7 Å². The number of phosphoric ester groups is 2. The number of rotatable bonds is 18. The van der Waals surface area contributed by atoms with Gasteiger partial charge in [-0.2, -0.15) is 8.62 Å². The summed E-state index contributed by atoms with van der Waals surface area (Å²) < 4.78 is 61.2. The fourth-order valence-electron chi connectivity index (χ4n) is 5.76. The number of anilines is 1. The molecule has 5 unspecified atom stereocenters. The van der Waals surface area contributed by atoms with E-state index in [9.17, 15) is 38.6 Å². The molecular weight excluding hydrogens is 697 g/mol. The Morgan fingerprint density at radius 2 is 1.50 bits per heavy atom. The molecule has 2 fully saturated rings. The first-order chi connectivity index (χ1) is 22.8. The number of nitrogens with two attached hydrogens (primary N) is 1. The van der Waals surface area contributed by atoms with E-state index in [0.717, 1.165) is 38.2 Å². The van der Waals surface area contributed by atoms with E-state index in [1.54, 1.807) is 0 Å². The highest BCUT2D eigenvalue weighted by Gasteiger charge is 2.47. The number of nitrogens with zero attached hydrogens (tertiary/aromatic N) is 4. The molecule has 0 radical (unpaired) electrons. The molecule has 2 aromatic heterocycles. The molecule has 2 aromatic rings. The first-order valence-corrected chi connectivity index (χ1v) is 20.6. The number of aliphatic hydroxyl groups is 2. The van der Waals surface area contributed by atoms with Crippen LogP contribution in [0.25, 0.3) is 11.2 Å². The van der Waals surface area contributed by atoms with Gasteiger partial charge in [0.2, 0.25) is 0 Å². The van der Waals surface area contributed by atoms with E-state index in [-0.39, 0.29) is 23.6 Å². The van der Waals surface area contributed by atoms with Gasteiger partial charge in [-0.05, 0) is 44.7 Å². The highest BCUT2D eigenvalue weighted by atomic mass is 31.3. The first kappa shape index (κ1) is 39.4. The van der Waals surface area contributed by atoms with Crippen molar-refractivity contribution in [1.82, 2.24) is 24.8 Å². The Morgan fingerprint density at radius 3 is 2.21 bits per heavy atom. The van der Waals surface area contributed by atoms with E-state index in [1.807, 2.05) is 0 Å². The third kappa shape index (κ3) is 12.1. The Balaban J connectivity index is 1.12. The summed E-state index contributed by atoms with van der Waals surface area (Å²) in [6.45, 7) is 0.684. The predicted octanol–water partition coefficient (Wildman–Crippen LogP) is 3.30. The molecule has 0 aromatic carbocycles. The van der Waals surface area contributed by atoms with E-state index in [1.165, 1.54) is 62.3 Å². The minimum atomic E-state index is -5.68. The third-order valence-electron chi connectivity index (χ3n) is 8.22. The van der Waals surface area contributed by atoms with Crippen LogP contribution in [0.2, 0.25) is 0 Å². The number of hydrogen-bond acceptors (Lipinski definition) is 15. The van der Waals surface area contributed by atoms with Gasteiger partial charge < -0.3 is 40.7 Å². The molecule has 48 heavy (non-hydrogen) atoms. The van der Waals surface area contributed by atoms with Gasteiger partial charge in [-0.1, -0.05) is 51.4 Å². The Labute approximate surface area is 278 Å². The smallest absolute Gasteiger partial charge is 0.387 e. The quantitative estimate of drug-likeness (QED) is 0.0851. The lowest BCUT2D eigenvalue weighted by molar-refractivity contribution is -0.0503. The summed E-state index contributed by atoms with van der Waals surface area (Å²) in [5.41, 5.74) is 6.13. The molecule has 274 valence electrons. The Bertz CT molecular complexity index is 1440. The summed E-state index contributed by atoms with van der Waals surface area (Å²) >= 11 is 0. The average Bonchev–Trinajstić information content (AvgIpc) is 3.59. The van der Waals surface area contributed by atoms with Crippen LogP contribution >= 0.6 is 23.5 Å². The van der Waals surface area contributed by atoms with Gasteiger partial charge in [0.25, 0.3) is 0 Å². The molecule has 3 heterocycles. The van der Waals surface area contributed by atoms with Crippen LogP contribution in [0.15, 0.2) is 12.7 Å². The number of nitrogen functional groups attached to an aromatic ring is 1. The third-order valence-corrected chi connectivity index (χ3v) is 12.5. The van der Waals surface area contributed by atoms with Gasteiger partial charge in [0.1, 0.15) is 30.2 Å². The molecule has 1 saturated carbocycles. The molecule has 19 nitrogen and oxygen atoms in total. The zero-order chi connectivity index (χ0) is 34.8. The van der Waals surface area contributed by atoms with Crippen molar-refractivity contribution in [3.8, 4) is 0 Å². The fraction of sp³-hybridized carbons (Fsp3) is 0.808. The molecular formula is C26H47N6O13P3. The molecule has 1 aliphatic carbocycles. The average molecular weight is 745 g/mol. The second-order valence-electron chi connectivity index (χ2n) is 12.0. The van der Waals surface area contributed by atoms with Crippen LogP contribution in [0, 0.1) is 5.92 Å². The zero-order valence-electron chi connectivity index (χ0n) is 26.6. The summed E-state index contributed by atoms with van der Waals surface area (Å²) in [5.74, 6) is 0.776. The van der Waals surface area contributed by atoms with Crippen LogP contribution in [-0.4, -0.2) is 89.0 Å². The lowest BCUT2D eigenvalue weighted by atomic mass is 9.97. The molecule has 22 heteroatoms. The van der Waals surface area contributed by atoms with Crippen molar-refractivity contribution in [2.75, 3.05) is 32.0 Å². The van der Waals surface area contributed by atoms with Crippen molar-refractivity contribution in [3.63, 3.8) is 0 Å². The number of fused-ring (bicyclic) bond motifs is 1. The zero-order valence-corrected chi connectivity index (χ0v) is 29.2. The minimum Gasteiger partial charge on any atom is -0.387 e. The SMILES string of the molecule is Nc1ncnc2c1ncn2[C@@H]1O[C@H](COP(=O)(O)OP(=O)(O)OP(=O)(O)OCCCCCCNCC2CCCCCCCC2)C(O)C1O. The number of nitrogens with one attached hydrogen (secondary N) is 1. The van der Waals surface area contributed by atoms with E-state index in [2.05, 4.69) is 33.4 Å². The molecule has 0 spiro atoms. The topological polar surface area (TPSA) is 280 Å². The molecule has 2 aliphatic rings. The number of aromatic nitrogens is 4. The first-order valence-electron chi connectivity index (χ1n) is 16.1. The number of aliphatic hydroxyl groups excluding tert-OH is 2. The molecule has 1 saturated heterocycles. The van der Waals surface area contributed by atoms with E-state index in [4.69, 9.17) is 15.0 Å². The van der Waals surface area contributed by atoms with Crippen molar-refractivity contribution in [2.45, 2.75) is 102 Å². The lowest BCUT2D eigenvalue weighted by Gasteiger charge is -2.20. The van der Waals surface area contributed by atoms with Crippen molar-refractivity contribution in [2.24, 2.45) is 5.92 Å². The van der Waals surface area contributed by atoms with Gasteiger partial charge in [-0.15, -0.1) is 0 Å². The van der Waals surface area contributed by atoms with Crippen LogP contribution in [0.3, 0.4) is 0 Å². The van der Waals surface area contributed by atoms with Crippen molar-refractivity contribution < 1.29 is 61.0 Å². The van der Waals surface area contributed by atoms with Crippen LogP contribution in [0.5, 0.6) is 0 Å². The Morgan fingerprint density at radius 1 is 0.854 bits per heavy atom. The van der Waals surface area contributed by atoms with Crippen molar-refractivity contribution >= 4 is 40.4 Å². The molecule has 0 amide bonds. The molecule has 1 aliphatic heterocycles. The van der Waals surface area contributed by atoms with E-state index < -0.39 is 54.6 Å². The minimum absolute atomic E-state index is 0.0578. The molecule has 7 atom stereocenters. The second kappa shape index (κ2) is 18.2. The standard InChI is InChI=1S/C26H47N6O13P3/c27-24-21-25(30-17-29-24)32(18-31-21)26-23(34)22(33)20(43-26)16-42-47(37,38)45-48(39,40)44-46(35,36)41-14-10-6-5-9-13-28-15-19-11-7-3-1-2-4-8-12-19/h17-20,22-23,26,28,33-34H,1-16H2,(H,35,36)(H,37,38)(H,39,40)(H2,27,29,30)/t20-,22?,23?,26-/m1/s1. The number of phosphoric acid groups is 3. The molecule has 0 bridgehead atoms. The number of ether oxygens (including phenoxy) is 1. The summed E-state index contributed by atoms with van der Waals surface area (Å²) in [4.78, 5) is 41.5. The van der Waals surface area contributed by atoms with Crippen LogP contribution < -0.4 is 11.1 Å². The van der Waals surface area contributed by atoms with Crippen LogP contribution in [0.4, 0.5) is 5.82 Å². The lowest BCUT2D eigenvalue weighted by Crippen LogP contribution is -2.33. The highest BCUT2D eigenvalue weighted by Crippen LogP contribution is 2.67. The summed E-state index contributed by atoms with van der Waals surface area (Å²) in [6, 6.07) is 0. The van der Waals surface area contributed by atoms with Crippen molar-refractivity contribution in [1.29, 1.82) is 0 Å². The number of imidazole rings is 1. The van der Waals surface area contributed by atoms with Gasteiger partial charge in [-0.3, -0.25) is 13.6 Å². The number of hydrogen-bond donors (Lipinski definition) is 7. The summed E-state index contributed by atoms with van der Waals surface area (Å²) in [5, 5.41) is 24.4. The van der Waals surface area contributed by atoms with Crippen molar-refractivity contribution in [3.05, 3.63) is 12.7 Å². The maximum atomic E-state index is 12.4. The van der Waals surface area contributed by atoms with Gasteiger partial charge in [-0.25, -0.2) is 28.6 Å². The maximum Gasteiger partial charge on any atom is 0.490 e.